The maximum absolute atomic E-state index is 12.7. The zero-order valence-electron chi connectivity index (χ0n) is 26.3. The Balaban J connectivity index is 1.37. The summed E-state index contributed by atoms with van der Waals surface area (Å²) in [6, 6.07) is 9.94. The fourth-order valence-corrected chi connectivity index (χ4v) is 6.04. The van der Waals surface area contributed by atoms with Gasteiger partial charge in [-0.15, -0.1) is 5.06 Å². The summed E-state index contributed by atoms with van der Waals surface area (Å²) in [6.45, 7) is 2.08. The van der Waals surface area contributed by atoms with Gasteiger partial charge < -0.3 is 24.8 Å². The number of nitrogen functional groups attached to an aromatic ring is 1. The number of phenols is 1. The van der Waals surface area contributed by atoms with E-state index in [0.29, 0.717) is 51.2 Å². The van der Waals surface area contributed by atoms with Crippen molar-refractivity contribution >= 4 is 59.1 Å². The lowest BCUT2D eigenvalue weighted by atomic mass is 10.0. The minimum Gasteiger partial charge on any atom is -0.504 e. The molecule has 2 aromatic heterocycles. The zero-order valence-corrected chi connectivity index (χ0v) is 27.1. The number of ketones is 1. The van der Waals surface area contributed by atoms with Crippen molar-refractivity contribution in [2.24, 2.45) is 0 Å². The van der Waals surface area contributed by atoms with Gasteiger partial charge in [-0.2, -0.15) is 0 Å². The molecule has 1 aliphatic rings. The number of phosphoric acid groups is 1. The van der Waals surface area contributed by atoms with Crippen LogP contribution in [0.5, 0.6) is 11.5 Å². The van der Waals surface area contributed by atoms with E-state index < -0.39 is 31.4 Å². The van der Waals surface area contributed by atoms with E-state index in [1.165, 1.54) is 6.07 Å². The summed E-state index contributed by atoms with van der Waals surface area (Å²) in [5, 5.41) is 11.6. The van der Waals surface area contributed by atoms with E-state index >= 15 is 0 Å². The summed E-state index contributed by atoms with van der Waals surface area (Å²) in [7, 11) is -4.99. The molecule has 5 rings (SSSR count). The summed E-state index contributed by atoms with van der Waals surface area (Å²) in [5.74, 6) is -1.86. The lowest BCUT2D eigenvalue weighted by Gasteiger charge is -2.16. The highest BCUT2D eigenvalue weighted by molar-refractivity contribution is 7.46. The highest BCUT2D eigenvalue weighted by Crippen LogP contribution is 2.44. The molecule has 1 saturated heterocycles. The molecule has 1 aliphatic heterocycles. The van der Waals surface area contributed by atoms with Crippen molar-refractivity contribution in [3.05, 3.63) is 53.3 Å². The van der Waals surface area contributed by atoms with E-state index in [1.807, 2.05) is 23.6 Å². The van der Waals surface area contributed by atoms with Crippen molar-refractivity contribution in [1.82, 2.24) is 19.6 Å². The molecule has 48 heavy (non-hydrogen) atoms. The number of unbranched alkanes of at least 4 members (excludes halogenated alkanes) is 1. The van der Waals surface area contributed by atoms with Gasteiger partial charge in [0.25, 0.3) is 11.8 Å². The molecular weight excluding hydrogens is 645 g/mol. The Bertz CT molecular complexity index is 1940. The van der Waals surface area contributed by atoms with E-state index in [-0.39, 0.29) is 62.4 Å². The smallest absolute Gasteiger partial charge is 0.504 e. The van der Waals surface area contributed by atoms with Gasteiger partial charge in [0.2, 0.25) is 0 Å². The number of phenolic OH excluding ortho intramolecular Hbond substituents is 1. The number of pyridine rings is 1. The van der Waals surface area contributed by atoms with Gasteiger partial charge >= 0.3 is 13.8 Å². The normalized spacial score (nSPS) is 13.5. The number of imide groups is 1. The number of imidazole rings is 1. The topological polar surface area (TPSA) is 224 Å². The number of carbonyl (C=O) groups excluding carboxylic acids is 4. The van der Waals surface area contributed by atoms with Crippen LogP contribution in [-0.4, -0.2) is 58.1 Å². The molecule has 15 nitrogen and oxygen atoms in total. The number of Topliss-reactive ketones (excluding diaryl/α,β-unsaturated/α-hetero) is 1. The number of rotatable bonds is 15. The van der Waals surface area contributed by atoms with Gasteiger partial charge in [-0.25, -0.2) is 19.3 Å². The third kappa shape index (κ3) is 7.98. The number of aryl methyl sites for hydroxylation is 2. The maximum Gasteiger partial charge on any atom is 0.524 e. The number of benzene rings is 2. The number of hydrogen-bond donors (Lipinski definition) is 4. The average Bonchev–Trinajstić information content (AvgIpc) is 3.55. The van der Waals surface area contributed by atoms with Crippen LogP contribution in [0.2, 0.25) is 0 Å². The molecule has 1 fully saturated rings. The Morgan fingerprint density at radius 2 is 1.75 bits per heavy atom. The summed E-state index contributed by atoms with van der Waals surface area (Å²) < 4.78 is 18.5. The highest BCUT2D eigenvalue weighted by Gasteiger charge is 2.32. The van der Waals surface area contributed by atoms with E-state index in [0.717, 1.165) is 18.4 Å². The van der Waals surface area contributed by atoms with Crippen LogP contribution >= 0.6 is 7.82 Å². The predicted octanol–water partition coefficient (Wildman–Crippen LogP) is 4.01. The minimum absolute atomic E-state index is 0.00353. The summed E-state index contributed by atoms with van der Waals surface area (Å²) >= 11 is 0. The number of aromatic hydroxyl groups is 1. The lowest BCUT2D eigenvalue weighted by molar-refractivity contribution is -0.197. The first kappa shape index (κ1) is 34.5. The van der Waals surface area contributed by atoms with Gasteiger partial charge in [-0.05, 0) is 43.0 Å². The van der Waals surface area contributed by atoms with Crippen LogP contribution < -0.4 is 10.3 Å². The number of para-hydroxylation sites is 1. The molecule has 0 spiro atoms. The standard InChI is InChI=1S/C32H36N5O10P/c1-2-3-9-25-35-29-30(36(25)18-20-6-4-8-24(39)31(20)47-48(43,44)45)22-17-19(12-14-23(22)34-32(29)33)11-13-21(38)7-5-10-28(42)46-37-26(40)15-16-27(37)41/h4,6,8,12,14,17,39H,2-3,5,7,9-11,13,15-16,18H2,1H3,(H2,33,34)(H2,43,44,45). The van der Waals surface area contributed by atoms with Gasteiger partial charge in [-0.3, -0.25) is 24.2 Å². The van der Waals surface area contributed by atoms with E-state index in [4.69, 9.17) is 20.1 Å². The number of anilines is 1. The van der Waals surface area contributed by atoms with Gasteiger partial charge in [0.05, 0.1) is 17.6 Å². The van der Waals surface area contributed by atoms with Crippen molar-refractivity contribution in [2.45, 2.75) is 77.7 Å². The molecule has 3 heterocycles. The predicted molar refractivity (Wildman–Crippen MR) is 172 cm³/mol. The van der Waals surface area contributed by atoms with Gasteiger partial charge in [-0.1, -0.05) is 31.5 Å². The lowest BCUT2D eigenvalue weighted by Crippen LogP contribution is -2.32. The number of amides is 2. The van der Waals surface area contributed by atoms with Gasteiger partial charge in [0, 0.05) is 49.5 Å². The highest BCUT2D eigenvalue weighted by atomic mass is 31.2. The molecule has 0 atom stereocenters. The number of nitrogens with two attached hydrogens (primary N) is 1. The number of nitrogens with zero attached hydrogens (tertiary/aromatic N) is 4. The minimum atomic E-state index is -4.99. The molecule has 0 radical (unpaired) electrons. The van der Waals surface area contributed by atoms with E-state index in [2.05, 4.69) is 4.98 Å². The van der Waals surface area contributed by atoms with Crippen LogP contribution in [0.3, 0.4) is 0 Å². The number of phosphoric ester groups is 1. The van der Waals surface area contributed by atoms with Crippen molar-refractivity contribution in [1.29, 1.82) is 0 Å². The second kappa shape index (κ2) is 14.5. The van der Waals surface area contributed by atoms with Crippen LogP contribution in [0.1, 0.15) is 75.2 Å². The largest absolute Gasteiger partial charge is 0.524 e. The van der Waals surface area contributed by atoms with E-state index in [9.17, 15) is 38.6 Å². The molecule has 0 bridgehead atoms. The van der Waals surface area contributed by atoms with Crippen LogP contribution in [0.25, 0.3) is 21.9 Å². The molecule has 0 saturated carbocycles. The van der Waals surface area contributed by atoms with Gasteiger partial charge in [0.15, 0.2) is 17.3 Å². The number of carbonyl (C=O) groups is 4. The Labute approximate surface area is 274 Å². The Morgan fingerprint density at radius 1 is 1.00 bits per heavy atom. The Hall–Kier alpha value is -4.85. The molecule has 254 valence electrons. The molecule has 4 aromatic rings. The van der Waals surface area contributed by atoms with Crippen LogP contribution in [-0.2, 0) is 48.0 Å². The van der Waals surface area contributed by atoms with Crippen molar-refractivity contribution in [3.8, 4) is 11.5 Å². The molecule has 2 amide bonds. The quantitative estimate of drug-likeness (QED) is 0.103. The molecular formula is C32H36N5O10P. The van der Waals surface area contributed by atoms with E-state index in [1.54, 1.807) is 18.2 Å². The monoisotopic (exact) mass is 681 g/mol. The Kier molecular flexibility index (Phi) is 10.4. The maximum atomic E-state index is 12.7. The average molecular weight is 682 g/mol. The number of hydrogen-bond acceptors (Lipinski definition) is 11. The zero-order chi connectivity index (χ0) is 34.6. The number of aromatic nitrogens is 3. The second-order valence-electron chi connectivity index (χ2n) is 11.5. The number of hydroxylamine groups is 2. The third-order valence-corrected chi connectivity index (χ3v) is 8.36. The van der Waals surface area contributed by atoms with Crippen LogP contribution in [0.15, 0.2) is 36.4 Å². The first-order valence-electron chi connectivity index (χ1n) is 15.6. The second-order valence-corrected chi connectivity index (χ2v) is 12.7. The third-order valence-electron chi connectivity index (χ3n) is 7.94. The molecule has 0 unspecified atom stereocenters. The molecule has 2 aromatic carbocycles. The first-order chi connectivity index (χ1) is 22.8. The van der Waals surface area contributed by atoms with Crippen LogP contribution in [0, 0.1) is 0 Å². The first-order valence-corrected chi connectivity index (χ1v) is 17.1. The van der Waals surface area contributed by atoms with Gasteiger partial charge in [0.1, 0.15) is 17.1 Å². The SMILES string of the molecule is CCCCc1nc2c(N)nc3ccc(CCC(=O)CCCC(=O)ON4C(=O)CCC4=O)cc3c2n1Cc1cccc(O)c1OP(=O)(O)O. The molecule has 0 aliphatic carbocycles. The fourth-order valence-electron chi connectivity index (χ4n) is 5.59. The summed E-state index contributed by atoms with van der Waals surface area (Å²) in [5.41, 5.74) is 9.16. The number of fused-ring (bicyclic) bond motifs is 3. The fraction of sp³-hybridized carbons (Fsp3) is 0.375. The molecule has 5 N–H and O–H groups in total. The molecule has 16 heteroatoms. The Morgan fingerprint density at radius 3 is 2.46 bits per heavy atom. The van der Waals surface area contributed by atoms with Crippen molar-refractivity contribution in [2.75, 3.05) is 5.73 Å². The van der Waals surface area contributed by atoms with Crippen molar-refractivity contribution in [3.63, 3.8) is 0 Å². The van der Waals surface area contributed by atoms with Crippen molar-refractivity contribution < 1.29 is 48.0 Å². The summed E-state index contributed by atoms with van der Waals surface area (Å²) in [4.78, 5) is 81.2. The summed E-state index contributed by atoms with van der Waals surface area (Å²) in [6.07, 6.45) is 3.07. The van der Waals surface area contributed by atoms with Crippen LogP contribution in [0.4, 0.5) is 5.82 Å².